The van der Waals surface area contributed by atoms with Crippen molar-refractivity contribution in [2.24, 2.45) is 0 Å². The third-order valence-electron chi connectivity index (χ3n) is 3.93. The molecule has 1 aliphatic rings. The van der Waals surface area contributed by atoms with E-state index < -0.39 is 0 Å². The monoisotopic (exact) mass is 320 g/mol. The Hall–Kier alpha value is -2.85. The van der Waals surface area contributed by atoms with Crippen LogP contribution in [-0.4, -0.2) is 28.9 Å². The third-order valence-corrected chi connectivity index (χ3v) is 3.93. The van der Waals surface area contributed by atoms with E-state index in [-0.39, 0.29) is 18.1 Å². The Morgan fingerprint density at radius 3 is 2.29 bits per heavy atom. The molecular weight excluding hydrogens is 300 g/mol. The van der Waals surface area contributed by atoms with Crippen molar-refractivity contribution in [2.45, 2.75) is 6.54 Å². The number of carbonyl (C=O) groups is 1. The van der Waals surface area contributed by atoms with E-state index in [1.165, 1.54) is 0 Å². The molecule has 0 amide bonds. The molecule has 0 atom stereocenters. The fourth-order valence-corrected chi connectivity index (χ4v) is 2.84. The van der Waals surface area contributed by atoms with Crippen LogP contribution in [0.3, 0.4) is 0 Å². The predicted molar refractivity (Wildman–Crippen MR) is 95.6 cm³/mol. The molecule has 2 aromatic carbocycles. The molecule has 2 aromatic rings. The maximum atomic E-state index is 12.5. The summed E-state index contributed by atoms with van der Waals surface area (Å²) in [6.07, 6.45) is 0. The number of nitrogens with zero attached hydrogens (tertiary/aromatic N) is 1. The summed E-state index contributed by atoms with van der Waals surface area (Å²) in [5, 5.41) is 13.4. The SMILES string of the molecule is C=C(Nc1ccccc1)C1=C(O)CN(Cc2ccccc2)CC1=O. The van der Waals surface area contributed by atoms with Gasteiger partial charge in [0.1, 0.15) is 5.76 Å². The van der Waals surface area contributed by atoms with Gasteiger partial charge in [-0.15, -0.1) is 0 Å². The van der Waals surface area contributed by atoms with Crippen molar-refractivity contribution < 1.29 is 9.90 Å². The molecule has 0 aliphatic carbocycles. The molecule has 0 aromatic heterocycles. The molecule has 24 heavy (non-hydrogen) atoms. The van der Waals surface area contributed by atoms with Gasteiger partial charge in [-0.1, -0.05) is 55.1 Å². The smallest absolute Gasteiger partial charge is 0.182 e. The lowest BCUT2D eigenvalue weighted by atomic mass is 10.0. The Balaban J connectivity index is 1.71. The largest absolute Gasteiger partial charge is 0.510 e. The third kappa shape index (κ3) is 3.73. The Kier molecular flexibility index (Phi) is 4.77. The lowest BCUT2D eigenvalue weighted by Gasteiger charge is -2.28. The van der Waals surface area contributed by atoms with Gasteiger partial charge >= 0.3 is 0 Å². The zero-order valence-electron chi connectivity index (χ0n) is 13.4. The molecule has 0 saturated carbocycles. The molecule has 0 radical (unpaired) electrons. The van der Waals surface area contributed by atoms with Gasteiger partial charge in [-0.25, -0.2) is 0 Å². The van der Waals surface area contributed by atoms with Gasteiger partial charge in [0, 0.05) is 17.9 Å². The molecule has 0 bridgehead atoms. The normalized spacial score (nSPS) is 15.4. The van der Waals surface area contributed by atoms with Crippen molar-refractivity contribution in [3.8, 4) is 0 Å². The number of ketones is 1. The number of allylic oxidation sites excluding steroid dienone is 1. The number of anilines is 1. The van der Waals surface area contributed by atoms with E-state index in [9.17, 15) is 9.90 Å². The van der Waals surface area contributed by atoms with Gasteiger partial charge in [0.2, 0.25) is 0 Å². The zero-order valence-corrected chi connectivity index (χ0v) is 13.4. The summed E-state index contributed by atoms with van der Waals surface area (Å²) < 4.78 is 0. The molecule has 3 rings (SSSR count). The second-order valence-corrected chi connectivity index (χ2v) is 5.85. The Morgan fingerprint density at radius 2 is 1.67 bits per heavy atom. The Labute approximate surface area is 141 Å². The van der Waals surface area contributed by atoms with Crippen LogP contribution in [0.2, 0.25) is 0 Å². The summed E-state index contributed by atoms with van der Waals surface area (Å²) in [5.41, 5.74) is 2.68. The van der Waals surface area contributed by atoms with Crippen LogP contribution in [-0.2, 0) is 11.3 Å². The highest BCUT2D eigenvalue weighted by Crippen LogP contribution is 2.22. The quantitative estimate of drug-likeness (QED) is 0.885. The van der Waals surface area contributed by atoms with Crippen molar-refractivity contribution in [3.05, 3.63) is 89.8 Å². The molecular formula is C20H20N2O2. The molecule has 0 saturated heterocycles. The van der Waals surface area contributed by atoms with Crippen LogP contribution in [0.5, 0.6) is 0 Å². The minimum atomic E-state index is -0.122. The fraction of sp³-hybridized carbons (Fsp3) is 0.150. The number of hydrogen-bond donors (Lipinski definition) is 2. The predicted octanol–water partition coefficient (Wildman–Crippen LogP) is 3.51. The van der Waals surface area contributed by atoms with Crippen molar-refractivity contribution >= 4 is 11.5 Å². The first-order valence-electron chi connectivity index (χ1n) is 7.86. The number of nitrogens with one attached hydrogen (secondary N) is 1. The van der Waals surface area contributed by atoms with Crippen LogP contribution in [0.15, 0.2) is 84.3 Å². The summed E-state index contributed by atoms with van der Waals surface area (Å²) in [7, 11) is 0. The van der Waals surface area contributed by atoms with Gasteiger partial charge in [-0.3, -0.25) is 9.69 Å². The molecule has 0 fully saturated rings. The average Bonchev–Trinajstić information content (AvgIpc) is 2.56. The number of aliphatic hydroxyl groups excluding tert-OH is 1. The van der Waals surface area contributed by atoms with E-state index in [4.69, 9.17) is 0 Å². The van der Waals surface area contributed by atoms with Crippen molar-refractivity contribution in [2.75, 3.05) is 18.4 Å². The van der Waals surface area contributed by atoms with Gasteiger partial charge in [-0.2, -0.15) is 0 Å². The molecule has 2 N–H and O–H groups in total. The van der Waals surface area contributed by atoms with Crippen LogP contribution in [0.4, 0.5) is 5.69 Å². The first kappa shape index (κ1) is 16.0. The minimum Gasteiger partial charge on any atom is -0.510 e. The van der Waals surface area contributed by atoms with Gasteiger partial charge in [0.25, 0.3) is 0 Å². The van der Waals surface area contributed by atoms with Gasteiger partial charge in [-0.05, 0) is 17.7 Å². The van der Waals surface area contributed by atoms with E-state index in [0.717, 1.165) is 11.3 Å². The lowest BCUT2D eigenvalue weighted by Crippen LogP contribution is -2.38. The number of rotatable bonds is 5. The molecule has 4 heteroatoms. The molecule has 0 spiro atoms. The van der Waals surface area contributed by atoms with E-state index in [1.807, 2.05) is 65.6 Å². The molecule has 0 unspecified atom stereocenters. The van der Waals surface area contributed by atoms with Crippen LogP contribution >= 0.6 is 0 Å². The molecule has 4 nitrogen and oxygen atoms in total. The van der Waals surface area contributed by atoms with Crippen molar-refractivity contribution in [1.82, 2.24) is 4.90 Å². The number of benzene rings is 2. The van der Waals surface area contributed by atoms with Gasteiger partial charge in [0.05, 0.1) is 18.7 Å². The maximum absolute atomic E-state index is 12.5. The summed E-state index contributed by atoms with van der Waals surface area (Å²) >= 11 is 0. The number of carbonyl (C=O) groups excluding carboxylic acids is 1. The van der Waals surface area contributed by atoms with Crippen LogP contribution in [0, 0.1) is 0 Å². The fourth-order valence-electron chi connectivity index (χ4n) is 2.84. The number of para-hydroxylation sites is 1. The highest BCUT2D eigenvalue weighted by Gasteiger charge is 2.27. The molecule has 1 heterocycles. The average molecular weight is 320 g/mol. The zero-order chi connectivity index (χ0) is 16.9. The Bertz CT molecular complexity index is 767. The standard InChI is InChI=1S/C20H20N2O2/c1-15(21-17-10-6-3-7-11-17)20-18(23)13-22(14-19(20)24)12-16-8-4-2-5-9-16/h2-11,21,23H,1,12-14H2. The van der Waals surface area contributed by atoms with Gasteiger partial charge < -0.3 is 10.4 Å². The molecule has 122 valence electrons. The number of hydrogen-bond acceptors (Lipinski definition) is 4. The van der Waals surface area contributed by atoms with Gasteiger partial charge in [0.15, 0.2) is 5.78 Å². The summed E-state index contributed by atoms with van der Waals surface area (Å²) in [6.45, 7) is 5.15. The number of Topliss-reactive ketones (excluding diaryl/α,β-unsaturated/α-hetero) is 1. The highest BCUT2D eigenvalue weighted by molar-refractivity contribution is 6.02. The van der Waals surface area contributed by atoms with Crippen LogP contribution in [0.1, 0.15) is 5.56 Å². The van der Waals surface area contributed by atoms with E-state index in [0.29, 0.717) is 24.4 Å². The van der Waals surface area contributed by atoms with Crippen LogP contribution in [0.25, 0.3) is 0 Å². The summed E-state index contributed by atoms with van der Waals surface area (Å²) in [5.74, 6) is -0.0567. The number of aliphatic hydroxyl groups is 1. The highest BCUT2D eigenvalue weighted by atomic mass is 16.3. The second kappa shape index (κ2) is 7.15. The van der Waals surface area contributed by atoms with E-state index in [2.05, 4.69) is 11.9 Å². The van der Waals surface area contributed by atoms with Crippen molar-refractivity contribution in [1.29, 1.82) is 0 Å². The topological polar surface area (TPSA) is 52.6 Å². The second-order valence-electron chi connectivity index (χ2n) is 5.85. The first-order valence-corrected chi connectivity index (χ1v) is 7.86. The van der Waals surface area contributed by atoms with Crippen molar-refractivity contribution in [3.63, 3.8) is 0 Å². The van der Waals surface area contributed by atoms with Crippen LogP contribution < -0.4 is 5.32 Å². The maximum Gasteiger partial charge on any atom is 0.182 e. The molecule has 1 aliphatic heterocycles. The first-order chi connectivity index (χ1) is 11.6. The lowest BCUT2D eigenvalue weighted by molar-refractivity contribution is -0.117. The summed E-state index contributed by atoms with van der Waals surface area (Å²) in [4.78, 5) is 14.4. The Morgan fingerprint density at radius 1 is 1.04 bits per heavy atom. The van der Waals surface area contributed by atoms with E-state index in [1.54, 1.807) is 0 Å². The minimum absolute atomic E-state index is 0.0654. The van der Waals surface area contributed by atoms with E-state index >= 15 is 0 Å². The summed E-state index contributed by atoms with van der Waals surface area (Å²) in [6, 6.07) is 19.4.